The molecule has 1 aliphatic carbocycles. The molecule has 4 heteroatoms. The van der Waals surface area contributed by atoms with Crippen LogP contribution in [0.4, 0.5) is 4.39 Å². The number of hydrogen-bond acceptors (Lipinski definition) is 3. The van der Waals surface area contributed by atoms with Gasteiger partial charge in [-0.15, -0.1) is 0 Å². The smallest absolute Gasteiger partial charge is 0.123 e. The van der Waals surface area contributed by atoms with E-state index in [9.17, 15) is 4.39 Å². The normalized spacial score (nSPS) is 19.0. The highest BCUT2D eigenvalue weighted by molar-refractivity contribution is 5.35. The number of nitrogens with one attached hydrogen (secondary N) is 1. The van der Waals surface area contributed by atoms with Crippen molar-refractivity contribution >= 4 is 0 Å². The van der Waals surface area contributed by atoms with Gasteiger partial charge in [-0.05, 0) is 48.2 Å². The van der Waals surface area contributed by atoms with Crippen molar-refractivity contribution in [3.05, 3.63) is 59.3 Å². The Morgan fingerprint density at radius 1 is 1.45 bits per heavy atom. The lowest BCUT2D eigenvalue weighted by atomic mass is 10.1. The van der Waals surface area contributed by atoms with E-state index in [-0.39, 0.29) is 17.9 Å². The van der Waals surface area contributed by atoms with Crippen LogP contribution in [0.15, 0.2) is 41.0 Å². The van der Waals surface area contributed by atoms with Crippen LogP contribution in [-0.4, -0.2) is 13.7 Å². The number of halogens is 1. The molecule has 0 saturated carbocycles. The third-order valence-corrected chi connectivity index (χ3v) is 3.81. The molecule has 0 bridgehead atoms. The predicted molar refractivity (Wildman–Crippen MR) is 73.9 cm³/mol. The number of methoxy groups -OCH3 is 1. The van der Waals surface area contributed by atoms with Crippen LogP contribution >= 0.6 is 0 Å². The Balaban J connectivity index is 1.79. The molecule has 1 aliphatic rings. The highest BCUT2D eigenvalue weighted by atomic mass is 19.1. The third kappa shape index (κ3) is 2.62. The fourth-order valence-corrected chi connectivity index (χ4v) is 2.86. The van der Waals surface area contributed by atoms with Crippen molar-refractivity contribution in [3.8, 4) is 0 Å². The molecule has 2 aromatic rings. The molecule has 1 aromatic heterocycles. The maximum absolute atomic E-state index is 13.4. The highest BCUT2D eigenvalue weighted by Crippen LogP contribution is 2.33. The average Bonchev–Trinajstić information content (AvgIpc) is 3.08. The minimum atomic E-state index is -0.182. The highest BCUT2D eigenvalue weighted by Gasteiger charge is 2.26. The standard InChI is InChI=1S/C16H18FNO2/c1-19-10-15(16-3-2-8-20-16)18-14-7-5-11-4-6-12(17)9-13(11)14/h2-4,6,8-9,14-15,18H,5,7,10H2,1H3/t14-,15-/m0/s1. The molecule has 2 atom stereocenters. The van der Waals surface area contributed by atoms with Gasteiger partial charge >= 0.3 is 0 Å². The lowest BCUT2D eigenvalue weighted by Crippen LogP contribution is -2.28. The van der Waals surface area contributed by atoms with Gasteiger partial charge in [0, 0.05) is 13.2 Å². The van der Waals surface area contributed by atoms with Gasteiger partial charge in [0.2, 0.25) is 0 Å². The molecule has 1 heterocycles. The van der Waals surface area contributed by atoms with Crippen LogP contribution in [-0.2, 0) is 11.2 Å². The SMILES string of the molecule is COC[C@H](N[C@H]1CCc2ccc(F)cc21)c1ccco1. The van der Waals surface area contributed by atoms with Gasteiger partial charge in [-0.3, -0.25) is 5.32 Å². The number of aryl methyl sites for hydroxylation is 1. The zero-order chi connectivity index (χ0) is 13.9. The Kier molecular flexibility index (Phi) is 3.85. The summed E-state index contributed by atoms with van der Waals surface area (Å²) in [7, 11) is 1.67. The molecule has 0 amide bonds. The largest absolute Gasteiger partial charge is 0.468 e. The first-order valence-electron chi connectivity index (χ1n) is 6.84. The Hall–Kier alpha value is -1.65. The van der Waals surface area contributed by atoms with Crippen molar-refractivity contribution in [1.29, 1.82) is 0 Å². The van der Waals surface area contributed by atoms with Crippen LogP contribution in [0.3, 0.4) is 0 Å². The fourth-order valence-electron chi connectivity index (χ4n) is 2.86. The molecule has 3 nitrogen and oxygen atoms in total. The summed E-state index contributed by atoms with van der Waals surface area (Å²) in [6.45, 7) is 0.522. The molecular weight excluding hydrogens is 257 g/mol. The van der Waals surface area contributed by atoms with E-state index in [4.69, 9.17) is 9.15 Å². The van der Waals surface area contributed by atoms with Crippen LogP contribution in [0.1, 0.15) is 35.4 Å². The van der Waals surface area contributed by atoms with E-state index in [0.717, 1.165) is 24.2 Å². The zero-order valence-corrected chi connectivity index (χ0v) is 11.4. The molecule has 1 N–H and O–H groups in total. The van der Waals surface area contributed by atoms with Gasteiger partial charge in [0.25, 0.3) is 0 Å². The van der Waals surface area contributed by atoms with Crippen molar-refractivity contribution in [1.82, 2.24) is 5.32 Å². The van der Waals surface area contributed by atoms with Gasteiger partial charge in [0.1, 0.15) is 11.6 Å². The number of benzene rings is 1. The molecular formula is C16H18FNO2. The molecule has 0 spiro atoms. The molecule has 3 rings (SSSR count). The van der Waals surface area contributed by atoms with Crippen molar-refractivity contribution in [2.24, 2.45) is 0 Å². The number of furan rings is 1. The van der Waals surface area contributed by atoms with Crippen molar-refractivity contribution in [2.45, 2.75) is 24.9 Å². The monoisotopic (exact) mass is 275 g/mol. The van der Waals surface area contributed by atoms with E-state index in [0.29, 0.717) is 6.61 Å². The van der Waals surface area contributed by atoms with Crippen LogP contribution in [0.2, 0.25) is 0 Å². The summed E-state index contributed by atoms with van der Waals surface area (Å²) in [6, 6.07) is 8.96. The number of fused-ring (bicyclic) bond motifs is 1. The first kappa shape index (κ1) is 13.3. The van der Waals surface area contributed by atoms with E-state index in [2.05, 4.69) is 5.32 Å². The quantitative estimate of drug-likeness (QED) is 0.908. The van der Waals surface area contributed by atoms with Gasteiger partial charge in [0.15, 0.2) is 0 Å². The maximum Gasteiger partial charge on any atom is 0.123 e. The minimum absolute atomic E-state index is 0.0192. The molecule has 0 unspecified atom stereocenters. The second-order valence-corrected chi connectivity index (χ2v) is 5.12. The van der Waals surface area contributed by atoms with Crippen LogP contribution in [0.25, 0.3) is 0 Å². The maximum atomic E-state index is 13.4. The van der Waals surface area contributed by atoms with Gasteiger partial charge in [-0.2, -0.15) is 0 Å². The van der Waals surface area contributed by atoms with E-state index >= 15 is 0 Å². The summed E-state index contributed by atoms with van der Waals surface area (Å²) >= 11 is 0. The minimum Gasteiger partial charge on any atom is -0.468 e. The van der Waals surface area contributed by atoms with E-state index in [1.807, 2.05) is 18.2 Å². The Labute approximate surface area is 117 Å². The lowest BCUT2D eigenvalue weighted by molar-refractivity contribution is 0.150. The van der Waals surface area contributed by atoms with Gasteiger partial charge in [0.05, 0.1) is 18.9 Å². The second kappa shape index (κ2) is 5.77. The Morgan fingerprint density at radius 3 is 3.10 bits per heavy atom. The molecule has 0 aliphatic heterocycles. The molecule has 0 fully saturated rings. The van der Waals surface area contributed by atoms with Gasteiger partial charge in [-0.25, -0.2) is 4.39 Å². The van der Waals surface area contributed by atoms with E-state index in [1.165, 1.54) is 11.6 Å². The first-order valence-corrected chi connectivity index (χ1v) is 6.84. The van der Waals surface area contributed by atoms with E-state index in [1.54, 1.807) is 19.4 Å². The molecule has 0 saturated heterocycles. The van der Waals surface area contributed by atoms with Gasteiger partial charge < -0.3 is 9.15 Å². The van der Waals surface area contributed by atoms with Crippen LogP contribution < -0.4 is 5.32 Å². The number of rotatable bonds is 5. The summed E-state index contributed by atoms with van der Waals surface area (Å²) in [4.78, 5) is 0. The second-order valence-electron chi connectivity index (χ2n) is 5.12. The van der Waals surface area contributed by atoms with Crippen LogP contribution in [0, 0.1) is 5.82 Å². The molecule has 0 radical (unpaired) electrons. The molecule has 106 valence electrons. The molecule has 1 aromatic carbocycles. The summed E-state index contributed by atoms with van der Waals surface area (Å²) in [5.41, 5.74) is 2.28. The summed E-state index contributed by atoms with van der Waals surface area (Å²) in [5.74, 6) is 0.662. The Bertz CT molecular complexity index is 568. The lowest BCUT2D eigenvalue weighted by Gasteiger charge is -2.21. The fraction of sp³-hybridized carbons (Fsp3) is 0.375. The summed E-state index contributed by atoms with van der Waals surface area (Å²) in [6.07, 6.45) is 3.60. The predicted octanol–water partition coefficient (Wildman–Crippen LogP) is 3.38. The number of ether oxygens (including phenoxy) is 1. The topological polar surface area (TPSA) is 34.4 Å². The zero-order valence-electron chi connectivity index (χ0n) is 11.4. The number of hydrogen-bond donors (Lipinski definition) is 1. The van der Waals surface area contributed by atoms with E-state index < -0.39 is 0 Å². The Morgan fingerprint density at radius 2 is 2.35 bits per heavy atom. The summed E-state index contributed by atoms with van der Waals surface area (Å²) < 4.78 is 24.1. The van der Waals surface area contributed by atoms with Gasteiger partial charge in [-0.1, -0.05) is 6.07 Å². The van der Waals surface area contributed by atoms with Crippen molar-refractivity contribution in [2.75, 3.05) is 13.7 Å². The van der Waals surface area contributed by atoms with Crippen molar-refractivity contribution in [3.63, 3.8) is 0 Å². The first-order chi connectivity index (χ1) is 9.78. The average molecular weight is 275 g/mol. The van der Waals surface area contributed by atoms with Crippen molar-refractivity contribution < 1.29 is 13.5 Å². The molecule has 20 heavy (non-hydrogen) atoms. The van der Waals surface area contributed by atoms with Crippen LogP contribution in [0.5, 0.6) is 0 Å². The third-order valence-electron chi connectivity index (χ3n) is 3.81. The summed E-state index contributed by atoms with van der Waals surface area (Å²) in [5, 5.41) is 3.52.